The maximum absolute atomic E-state index is 12.4. The number of amides is 2. The van der Waals surface area contributed by atoms with Crippen molar-refractivity contribution in [2.24, 2.45) is 5.92 Å². The van der Waals surface area contributed by atoms with Gasteiger partial charge in [0.15, 0.2) is 0 Å². The normalized spacial score (nSPS) is 12.1. The Kier molecular flexibility index (Phi) is 5.07. The topological polar surface area (TPSA) is 113 Å². The summed E-state index contributed by atoms with van der Waals surface area (Å²) in [5.41, 5.74) is 2.74. The van der Waals surface area contributed by atoms with Gasteiger partial charge in [0.05, 0.1) is 22.0 Å². The van der Waals surface area contributed by atoms with Crippen molar-refractivity contribution in [3.05, 3.63) is 64.0 Å². The number of aromatic amines is 1. The zero-order valence-corrected chi connectivity index (χ0v) is 15.3. The first kappa shape index (κ1) is 18.4. The number of imidazole rings is 1. The van der Waals surface area contributed by atoms with Gasteiger partial charge in [-0.3, -0.25) is 10.1 Å². The number of carbonyl (C=O) groups is 1. The van der Waals surface area contributed by atoms with Crippen molar-refractivity contribution >= 4 is 28.4 Å². The van der Waals surface area contributed by atoms with E-state index in [0.29, 0.717) is 17.1 Å². The van der Waals surface area contributed by atoms with Gasteiger partial charge in [0.2, 0.25) is 0 Å². The standard InChI is InChI=1S/C19H21N5O3/c1-11(2)17(18-21-14-6-4-5-7-15(14)22-18)23-19(25)20-13-8-9-16(24(26)27)12(3)10-13/h4-11,17H,1-3H3,(H,21,22)(H2,20,23,25). The first-order valence-electron chi connectivity index (χ1n) is 8.62. The van der Waals surface area contributed by atoms with E-state index in [1.54, 1.807) is 13.0 Å². The number of nitrogens with zero attached hydrogens (tertiary/aromatic N) is 2. The summed E-state index contributed by atoms with van der Waals surface area (Å²) in [5.74, 6) is 0.788. The van der Waals surface area contributed by atoms with E-state index < -0.39 is 11.0 Å². The summed E-state index contributed by atoms with van der Waals surface area (Å²) in [6.45, 7) is 5.62. The van der Waals surface area contributed by atoms with Crippen LogP contribution in [0, 0.1) is 23.0 Å². The molecule has 3 aromatic rings. The number of hydrogen-bond acceptors (Lipinski definition) is 4. The van der Waals surface area contributed by atoms with E-state index in [-0.39, 0.29) is 17.6 Å². The van der Waals surface area contributed by atoms with Gasteiger partial charge >= 0.3 is 6.03 Å². The minimum absolute atomic E-state index is 0.0169. The molecule has 1 heterocycles. The Morgan fingerprint density at radius 2 is 1.96 bits per heavy atom. The highest BCUT2D eigenvalue weighted by molar-refractivity contribution is 5.90. The molecule has 0 aliphatic heterocycles. The summed E-state index contributed by atoms with van der Waals surface area (Å²) in [6.07, 6.45) is 0. The molecule has 1 aromatic heterocycles. The van der Waals surface area contributed by atoms with Crippen molar-refractivity contribution in [3.8, 4) is 0 Å². The summed E-state index contributed by atoms with van der Waals surface area (Å²) in [5, 5.41) is 16.5. The Hall–Kier alpha value is -3.42. The summed E-state index contributed by atoms with van der Waals surface area (Å²) < 4.78 is 0. The van der Waals surface area contributed by atoms with Crippen molar-refractivity contribution in [1.29, 1.82) is 0 Å². The van der Waals surface area contributed by atoms with Crippen LogP contribution < -0.4 is 10.6 Å². The molecule has 0 radical (unpaired) electrons. The SMILES string of the molecule is Cc1cc(NC(=O)NC(c2nc3ccccc3[nH]2)C(C)C)ccc1[N+](=O)[O-]. The minimum Gasteiger partial charge on any atom is -0.340 e. The van der Waals surface area contributed by atoms with E-state index in [4.69, 9.17) is 0 Å². The molecule has 2 aromatic carbocycles. The molecule has 27 heavy (non-hydrogen) atoms. The Balaban J connectivity index is 1.76. The van der Waals surface area contributed by atoms with E-state index in [1.165, 1.54) is 12.1 Å². The number of rotatable bonds is 5. The molecule has 8 heteroatoms. The fourth-order valence-electron chi connectivity index (χ4n) is 2.92. The Morgan fingerprint density at radius 1 is 1.22 bits per heavy atom. The fourth-order valence-corrected chi connectivity index (χ4v) is 2.92. The number of hydrogen-bond donors (Lipinski definition) is 3. The van der Waals surface area contributed by atoms with Crippen LogP contribution in [-0.2, 0) is 0 Å². The van der Waals surface area contributed by atoms with E-state index in [0.717, 1.165) is 11.0 Å². The molecule has 0 aliphatic rings. The lowest BCUT2D eigenvalue weighted by Gasteiger charge is -2.20. The Bertz CT molecular complexity index is 963. The molecule has 0 fully saturated rings. The molecular weight excluding hydrogens is 346 g/mol. The van der Waals surface area contributed by atoms with Crippen LogP contribution in [-0.4, -0.2) is 20.9 Å². The molecule has 0 saturated carbocycles. The van der Waals surface area contributed by atoms with Gasteiger partial charge in [-0.25, -0.2) is 9.78 Å². The molecule has 0 saturated heterocycles. The number of H-pyrrole nitrogens is 1. The number of aryl methyl sites for hydroxylation is 1. The number of benzene rings is 2. The fraction of sp³-hybridized carbons (Fsp3) is 0.263. The first-order valence-corrected chi connectivity index (χ1v) is 8.62. The average Bonchev–Trinajstić information content (AvgIpc) is 3.02. The van der Waals surface area contributed by atoms with Crippen molar-refractivity contribution in [2.75, 3.05) is 5.32 Å². The Labute approximate surface area is 156 Å². The van der Waals surface area contributed by atoms with Gasteiger partial charge in [0.1, 0.15) is 5.82 Å². The molecule has 1 unspecified atom stereocenters. The second-order valence-corrected chi connectivity index (χ2v) is 6.72. The number of nitro groups is 1. The summed E-state index contributed by atoms with van der Waals surface area (Å²) in [7, 11) is 0. The highest BCUT2D eigenvalue weighted by atomic mass is 16.6. The van der Waals surface area contributed by atoms with Gasteiger partial charge in [0, 0.05) is 17.3 Å². The zero-order valence-electron chi connectivity index (χ0n) is 15.3. The van der Waals surface area contributed by atoms with Crippen molar-refractivity contribution in [2.45, 2.75) is 26.8 Å². The maximum Gasteiger partial charge on any atom is 0.319 e. The van der Waals surface area contributed by atoms with Crippen LogP contribution in [0.5, 0.6) is 0 Å². The van der Waals surface area contributed by atoms with Gasteiger partial charge in [-0.05, 0) is 37.1 Å². The second kappa shape index (κ2) is 7.45. The van der Waals surface area contributed by atoms with Gasteiger partial charge < -0.3 is 15.6 Å². The van der Waals surface area contributed by atoms with Crippen LogP contribution in [0.1, 0.15) is 31.3 Å². The lowest BCUT2D eigenvalue weighted by atomic mass is 10.0. The van der Waals surface area contributed by atoms with E-state index >= 15 is 0 Å². The molecule has 2 amide bonds. The highest BCUT2D eigenvalue weighted by Crippen LogP contribution is 2.24. The molecule has 8 nitrogen and oxygen atoms in total. The molecule has 0 spiro atoms. The largest absolute Gasteiger partial charge is 0.340 e. The van der Waals surface area contributed by atoms with Crippen molar-refractivity contribution < 1.29 is 9.72 Å². The van der Waals surface area contributed by atoms with Crippen molar-refractivity contribution in [1.82, 2.24) is 15.3 Å². The van der Waals surface area contributed by atoms with Crippen LogP contribution in [0.3, 0.4) is 0 Å². The second-order valence-electron chi connectivity index (χ2n) is 6.72. The van der Waals surface area contributed by atoms with Crippen LogP contribution in [0.25, 0.3) is 11.0 Å². The molecule has 0 aliphatic carbocycles. The minimum atomic E-state index is -0.449. The van der Waals surface area contributed by atoms with Crippen LogP contribution in [0.2, 0.25) is 0 Å². The molecule has 140 valence electrons. The highest BCUT2D eigenvalue weighted by Gasteiger charge is 2.22. The van der Waals surface area contributed by atoms with Gasteiger partial charge in [0.25, 0.3) is 5.69 Å². The number of para-hydroxylation sites is 2. The number of fused-ring (bicyclic) bond motifs is 1. The van der Waals surface area contributed by atoms with E-state index in [2.05, 4.69) is 20.6 Å². The molecule has 3 N–H and O–H groups in total. The third-order valence-electron chi connectivity index (χ3n) is 4.31. The molecule has 0 bridgehead atoms. The van der Waals surface area contributed by atoms with E-state index in [1.807, 2.05) is 38.1 Å². The lowest BCUT2D eigenvalue weighted by molar-refractivity contribution is -0.385. The Morgan fingerprint density at radius 3 is 2.59 bits per heavy atom. The van der Waals surface area contributed by atoms with Crippen molar-refractivity contribution in [3.63, 3.8) is 0 Å². The molecule has 3 rings (SSSR count). The number of anilines is 1. The summed E-state index contributed by atoms with van der Waals surface area (Å²) in [6, 6.07) is 11.4. The maximum atomic E-state index is 12.4. The lowest BCUT2D eigenvalue weighted by Crippen LogP contribution is -2.35. The smallest absolute Gasteiger partial charge is 0.319 e. The van der Waals surface area contributed by atoms with Crippen LogP contribution in [0.4, 0.5) is 16.2 Å². The molecule has 1 atom stereocenters. The van der Waals surface area contributed by atoms with Gasteiger partial charge in [-0.2, -0.15) is 0 Å². The van der Waals surface area contributed by atoms with Crippen LogP contribution in [0.15, 0.2) is 42.5 Å². The van der Waals surface area contributed by atoms with Gasteiger partial charge in [-0.1, -0.05) is 26.0 Å². The number of urea groups is 1. The monoisotopic (exact) mass is 367 g/mol. The number of aromatic nitrogens is 2. The molecular formula is C19H21N5O3. The number of nitro benzene ring substituents is 1. The zero-order chi connectivity index (χ0) is 19.6. The third-order valence-corrected chi connectivity index (χ3v) is 4.31. The summed E-state index contributed by atoms with van der Waals surface area (Å²) in [4.78, 5) is 30.7. The average molecular weight is 367 g/mol. The number of nitrogens with one attached hydrogen (secondary N) is 3. The summed E-state index contributed by atoms with van der Waals surface area (Å²) >= 11 is 0. The predicted molar refractivity (Wildman–Crippen MR) is 104 cm³/mol. The van der Waals surface area contributed by atoms with E-state index in [9.17, 15) is 14.9 Å². The van der Waals surface area contributed by atoms with Gasteiger partial charge in [-0.15, -0.1) is 0 Å². The number of carbonyl (C=O) groups excluding carboxylic acids is 1. The van der Waals surface area contributed by atoms with Crippen LogP contribution >= 0.6 is 0 Å². The quantitative estimate of drug-likeness (QED) is 0.461. The predicted octanol–water partition coefficient (Wildman–Crippen LogP) is 4.30. The third kappa shape index (κ3) is 4.05. The first-order chi connectivity index (χ1) is 12.8.